The molecule has 2 heteroatoms. The molecule has 3 rings (SSSR count). The Morgan fingerprint density at radius 2 is 2.00 bits per heavy atom. The molecule has 0 aliphatic rings. The van der Waals surface area contributed by atoms with Crippen LogP contribution in [0.15, 0.2) is 48.8 Å². The number of rotatable bonds is 2. The first-order valence-corrected chi connectivity index (χ1v) is 6.51. The summed E-state index contributed by atoms with van der Waals surface area (Å²) in [5.74, 6) is 0. The first kappa shape index (κ1) is 10.5. The summed E-state index contributed by atoms with van der Waals surface area (Å²) in [5.41, 5.74) is 1.35. The molecule has 0 spiro atoms. The van der Waals surface area contributed by atoms with E-state index in [2.05, 4.69) is 48.3 Å². The molecule has 0 aliphatic heterocycles. The van der Waals surface area contributed by atoms with Crippen molar-refractivity contribution in [3.8, 4) is 0 Å². The van der Waals surface area contributed by atoms with E-state index in [1.165, 1.54) is 26.1 Å². The number of benzene rings is 1. The van der Waals surface area contributed by atoms with E-state index >= 15 is 0 Å². The average Bonchev–Trinajstić information content (AvgIpc) is 2.75. The lowest BCUT2D eigenvalue weighted by Gasteiger charge is -2.01. The van der Waals surface area contributed by atoms with Crippen molar-refractivity contribution >= 4 is 22.1 Å². The van der Waals surface area contributed by atoms with Crippen LogP contribution in [0.5, 0.6) is 0 Å². The van der Waals surface area contributed by atoms with Crippen molar-refractivity contribution < 1.29 is 0 Å². The minimum Gasteiger partial charge on any atom is -0.264 e. The highest BCUT2D eigenvalue weighted by molar-refractivity contribution is 7.11. The minimum atomic E-state index is 1.02. The third kappa shape index (κ3) is 2.22. The topological polar surface area (TPSA) is 12.9 Å². The van der Waals surface area contributed by atoms with E-state index in [4.69, 9.17) is 0 Å². The standard InChI is InChI=1S/C15H13NS/c1-11-2-5-15(17-11)9-12-3-4-13-6-7-16-10-14(13)8-12/h2-8,10H,9H2,1H3. The van der Waals surface area contributed by atoms with E-state index in [0.29, 0.717) is 0 Å². The number of hydrogen-bond acceptors (Lipinski definition) is 2. The van der Waals surface area contributed by atoms with Gasteiger partial charge >= 0.3 is 0 Å². The summed E-state index contributed by atoms with van der Waals surface area (Å²) in [4.78, 5) is 6.97. The summed E-state index contributed by atoms with van der Waals surface area (Å²) in [5, 5.41) is 2.48. The largest absolute Gasteiger partial charge is 0.264 e. The van der Waals surface area contributed by atoms with Crippen molar-refractivity contribution in [3.63, 3.8) is 0 Å². The maximum Gasteiger partial charge on any atom is 0.0346 e. The number of pyridine rings is 1. The molecule has 3 aromatic rings. The molecule has 2 aromatic heterocycles. The molecule has 17 heavy (non-hydrogen) atoms. The Morgan fingerprint density at radius 1 is 1.06 bits per heavy atom. The van der Waals surface area contributed by atoms with Gasteiger partial charge in [0.1, 0.15) is 0 Å². The number of nitrogens with zero attached hydrogens (tertiary/aromatic N) is 1. The van der Waals surface area contributed by atoms with Crippen molar-refractivity contribution in [2.45, 2.75) is 13.3 Å². The van der Waals surface area contributed by atoms with Gasteiger partial charge in [-0.2, -0.15) is 0 Å². The number of aryl methyl sites for hydroxylation is 1. The van der Waals surface area contributed by atoms with Gasteiger partial charge in [-0.3, -0.25) is 4.98 Å². The molecule has 0 atom stereocenters. The quantitative estimate of drug-likeness (QED) is 0.653. The second kappa shape index (κ2) is 4.30. The number of aromatic nitrogens is 1. The van der Waals surface area contributed by atoms with Crippen molar-refractivity contribution in [1.29, 1.82) is 0 Å². The molecule has 0 aliphatic carbocycles. The van der Waals surface area contributed by atoms with Crippen molar-refractivity contribution in [3.05, 3.63) is 64.1 Å². The summed E-state index contributed by atoms with van der Waals surface area (Å²) in [6.07, 6.45) is 4.78. The van der Waals surface area contributed by atoms with Crippen LogP contribution in [0.3, 0.4) is 0 Å². The van der Waals surface area contributed by atoms with Crippen LogP contribution in [-0.2, 0) is 6.42 Å². The lowest BCUT2D eigenvalue weighted by atomic mass is 10.1. The summed E-state index contributed by atoms with van der Waals surface area (Å²) in [7, 11) is 0. The van der Waals surface area contributed by atoms with E-state index in [0.717, 1.165) is 6.42 Å². The summed E-state index contributed by atoms with van der Waals surface area (Å²) in [6, 6.07) is 13.1. The molecule has 0 radical (unpaired) electrons. The molecule has 0 N–H and O–H groups in total. The first-order valence-electron chi connectivity index (χ1n) is 5.69. The van der Waals surface area contributed by atoms with Gasteiger partial charge in [0.25, 0.3) is 0 Å². The Hall–Kier alpha value is -1.67. The lowest BCUT2D eigenvalue weighted by Crippen LogP contribution is -1.85. The zero-order valence-corrected chi connectivity index (χ0v) is 10.5. The normalized spacial score (nSPS) is 10.9. The second-order valence-electron chi connectivity index (χ2n) is 4.25. The van der Waals surface area contributed by atoms with E-state index in [1.807, 2.05) is 23.7 Å². The highest BCUT2D eigenvalue weighted by Gasteiger charge is 2.00. The highest BCUT2D eigenvalue weighted by atomic mass is 32.1. The smallest absolute Gasteiger partial charge is 0.0346 e. The zero-order chi connectivity index (χ0) is 11.7. The summed E-state index contributed by atoms with van der Waals surface area (Å²) >= 11 is 1.87. The monoisotopic (exact) mass is 239 g/mol. The van der Waals surface area contributed by atoms with E-state index < -0.39 is 0 Å². The number of hydrogen-bond donors (Lipinski definition) is 0. The molecule has 1 aromatic carbocycles. The molecule has 0 bridgehead atoms. The molecule has 2 heterocycles. The maximum absolute atomic E-state index is 4.17. The maximum atomic E-state index is 4.17. The Balaban J connectivity index is 1.95. The van der Waals surface area contributed by atoms with Crippen LogP contribution in [0.2, 0.25) is 0 Å². The van der Waals surface area contributed by atoms with E-state index in [-0.39, 0.29) is 0 Å². The van der Waals surface area contributed by atoms with Crippen molar-refractivity contribution in [2.24, 2.45) is 0 Å². The summed E-state index contributed by atoms with van der Waals surface area (Å²) in [6.45, 7) is 2.15. The van der Waals surface area contributed by atoms with Gasteiger partial charge in [0, 0.05) is 34.0 Å². The molecular formula is C15H13NS. The van der Waals surface area contributed by atoms with Gasteiger partial charge in [-0.25, -0.2) is 0 Å². The van der Waals surface area contributed by atoms with Crippen LogP contribution >= 0.6 is 11.3 Å². The van der Waals surface area contributed by atoms with Gasteiger partial charge in [-0.05, 0) is 42.1 Å². The van der Waals surface area contributed by atoms with E-state index in [9.17, 15) is 0 Å². The van der Waals surface area contributed by atoms with Gasteiger partial charge in [-0.1, -0.05) is 12.1 Å². The van der Waals surface area contributed by atoms with E-state index in [1.54, 1.807) is 0 Å². The third-order valence-corrected chi connectivity index (χ3v) is 3.88. The van der Waals surface area contributed by atoms with Crippen LogP contribution in [0.25, 0.3) is 10.8 Å². The van der Waals surface area contributed by atoms with Gasteiger partial charge in [0.05, 0.1) is 0 Å². The predicted octanol–water partition coefficient (Wildman–Crippen LogP) is 4.20. The lowest BCUT2D eigenvalue weighted by molar-refractivity contribution is 1.25. The van der Waals surface area contributed by atoms with Crippen LogP contribution < -0.4 is 0 Å². The Labute approximate surface area is 105 Å². The average molecular weight is 239 g/mol. The number of thiophene rings is 1. The molecule has 0 fully saturated rings. The van der Waals surface area contributed by atoms with Crippen LogP contribution in [0, 0.1) is 6.92 Å². The van der Waals surface area contributed by atoms with Gasteiger partial charge in [0.15, 0.2) is 0 Å². The predicted molar refractivity (Wildman–Crippen MR) is 73.6 cm³/mol. The summed E-state index contributed by atoms with van der Waals surface area (Å²) < 4.78 is 0. The second-order valence-corrected chi connectivity index (χ2v) is 5.62. The van der Waals surface area contributed by atoms with Crippen LogP contribution in [0.1, 0.15) is 15.3 Å². The highest BCUT2D eigenvalue weighted by Crippen LogP contribution is 2.21. The number of fused-ring (bicyclic) bond motifs is 1. The molecular weight excluding hydrogens is 226 g/mol. The van der Waals surface area contributed by atoms with Crippen LogP contribution in [-0.4, -0.2) is 4.98 Å². The molecule has 0 unspecified atom stereocenters. The molecule has 0 amide bonds. The first-order chi connectivity index (χ1) is 8.31. The van der Waals surface area contributed by atoms with Crippen molar-refractivity contribution in [1.82, 2.24) is 4.98 Å². The Kier molecular flexibility index (Phi) is 2.65. The Morgan fingerprint density at radius 3 is 2.82 bits per heavy atom. The fourth-order valence-electron chi connectivity index (χ4n) is 2.03. The molecule has 1 nitrogen and oxygen atoms in total. The third-order valence-electron chi connectivity index (χ3n) is 2.88. The van der Waals surface area contributed by atoms with Crippen LogP contribution in [0.4, 0.5) is 0 Å². The minimum absolute atomic E-state index is 1.02. The fraction of sp³-hybridized carbons (Fsp3) is 0.133. The fourth-order valence-corrected chi connectivity index (χ4v) is 2.95. The molecule has 84 valence electrons. The van der Waals surface area contributed by atoms with Gasteiger partial charge in [0.2, 0.25) is 0 Å². The molecule has 0 saturated heterocycles. The SMILES string of the molecule is Cc1ccc(Cc2ccc3ccncc3c2)s1. The molecule has 0 saturated carbocycles. The van der Waals surface area contributed by atoms with Crippen molar-refractivity contribution in [2.75, 3.05) is 0 Å². The zero-order valence-electron chi connectivity index (χ0n) is 9.68. The van der Waals surface area contributed by atoms with Gasteiger partial charge in [-0.15, -0.1) is 11.3 Å². The van der Waals surface area contributed by atoms with Gasteiger partial charge < -0.3 is 0 Å². The Bertz CT molecular complexity index is 655.